The monoisotopic (exact) mass is 313 g/mol. The molecule has 0 unspecified atom stereocenters. The van der Waals surface area contributed by atoms with Gasteiger partial charge in [0.25, 0.3) is 0 Å². The summed E-state index contributed by atoms with van der Waals surface area (Å²) in [6.45, 7) is 2.48. The van der Waals surface area contributed by atoms with E-state index in [2.05, 4.69) is 39.7 Å². The fourth-order valence-electron chi connectivity index (χ4n) is 3.43. The molecule has 0 bridgehead atoms. The first-order valence-corrected chi connectivity index (χ1v) is 8.29. The Hall–Kier alpha value is -2.17. The van der Waals surface area contributed by atoms with Crippen LogP contribution in [0.1, 0.15) is 49.4 Å². The SMILES string of the molecule is Cc1noc(CCC(=O)NCC2(c3ccccc3)CCCC2)n1. The molecule has 122 valence electrons. The zero-order chi connectivity index (χ0) is 16.1. The lowest BCUT2D eigenvalue weighted by Gasteiger charge is -2.30. The van der Waals surface area contributed by atoms with Gasteiger partial charge in [-0.2, -0.15) is 4.98 Å². The third kappa shape index (κ3) is 3.78. The van der Waals surface area contributed by atoms with Crippen molar-refractivity contribution >= 4 is 5.91 Å². The van der Waals surface area contributed by atoms with E-state index >= 15 is 0 Å². The number of rotatable bonds is 6. The molecule has 1 amide bonds. The molecule has 0 spiro atoms. The molecule has 1 fully saturated rings. The normalized spacial score (nSPS) is 16.4. The minimum absolute atomic E-state index is 0.0445. The largest absolute Gasteiger partial charge is 0.355 e. The van der Waals surface area contributed by atoms with E-state index in [0.29, 0.717) is 31.1 Å². The fraction of sp³-hybridized carbons (Fsp3) is 0.500. The van der Waals surface area contributed by atoms with Crippen molar-refractivity contribution in [2.75, 3.05) is 6.54 Å². The van der Waals surface area contributed by atoms with Gasteiger partial charge in [0.2, 0.25) is 11.8 Å². The summed E-state index contributed by atoms with van der Waals surface area (Å²) in [6, 6.07) is 10.6. The Balaban J connectivity index is 1.56. The number of carbonyl (C=O) groups is 1. The lowest BCUT2D eigenvalue weighted by Crippen LogP contribution is -2.39. The number of amides is 1. The maximum absolute atomic E-state index is 12.2. The summed E-state index contributed by atoms with van der Waals surface area (Å²) in [4.78, 5) is 16.3. The molecular weight excluding hydrogens is 290 g/mol. The van der Waals surface area contributed by atoms with E-state index in [-0.39, 0.29) is 11.3 Å². The standard InChI is InChI=1S/C18H23N3O2/c1-14-20-17(23-21-14)10-9-16(22)19-13-18(11-5-6-12-18)15-7-3-2-4-8-15/h2-4,7-8H,5-6,9-13H2,1H3,(H,19,22). The second kappa shape index (κ2) is 6.94. The topological polar surface area (TPSA) is 68.0 Å². The zero-order valence-electron chi connectivity index (χ0n) is 13.5. The Morgan fingerprint density at radius 3 is 2.65 bits per heavy atom. The predicted octanol–water partition coefficient (Wildman–Crippen LogP) is 2.94. The molecule has 5 nitrogen and oxygen atoms in total. The number of aryl methyl sites for hydroxylation is 2. The Morgan fingerprint density at radius 2 is 2.00 bits per heavy atom. The molecule has 1 saturated carbocycles. The van der Waals surface area contributed by atoms with Crippen LogP contribution in [0.3, 0.4) is 0 Å². The van der Waals surface area contributed by atoms with Crippen molar-refractivity contribution in [2.24, 2.45) is 0 Å². The Bertz CT molecular complexity index is 645. The molecular formula is C18H23N3O2. The van der Waals surface area contributed by atoms with Crippen molar-refractivity contribution < 1.29 is 9.32 Å². The smallest absolute Gasteiger partial charge is 0.227 e. The van der Waals surface area contributed by atoms with E-state index in [9.17, 15) is 4.79 Å². The van der Waals surface area contributed by atoms with E-state index in [1.54, 1.807) is 6.92 Å². The number of hydrogen-bond donors (Lipinski definition) is 1. The highest BCUT2D eigenvalue weighted by Gasteiger charge is 2.35. The van der Waals surface area contributed by atoms with Gasteiger partial charge < -0.3 is 9.84 Å². The van der Waals surface area contributed by atoms with Gasteiger partial charge in [0.1, 0.15) is 0 Å². The molecule has 0 radical (unpaired) electrons. The van der Waals surface area contributed by atoms with Crippen molar-refractivity contribution in [2.45, 2.75) is 50.9 Å². The highest BCUT2D eigenvalue weighted by atomic mass is 16.5. The fourth-order valence-corrected chi connectivity index (χ4v) is 3.43. The zero-order valence-corrected chi connectivity index (χ0v) is 13.5. The van der Waals surface area contributed by atoms with Crippen LogP contribution in [-0.2, 0) is 16.6 Å². The first kappa shape index (κ1) is 15.7. The first-order valence-electron chi connectivity index (χ1n) is 8.29. The molecule has 1 aromatic carbocycles. The Labute approximate surface area is 136 Å². The maximum atomic E-state index is 12.2. The van der Waals surface area contributed by atoms with Gasteiger partial charge in [0.05, 0.1) is 0 Å². The van der Waals surface area contributed by atoms with Crippen LogP contribution in [0, 0.1) is 6.92 Å². The van der Waals surface area contributed by atoms with E-state index in [0.717, 1.165) is 12.8 Å². The summed E-state index contributed by atoms with van der Waals surface area (Å²) in [5.41, 5.74) is 1.43. The third-order valence-corrected chi connectivity index (χ3v) is 4.71. The Morgan fingerprint density at radius 1 is 1.26 bits per heavy atom. The average Bonchev–Trinajstić information content (AvgIpc) is 3.22. The van der Waals surface area contributed by atoms with Gasteiger partial charge in [0, 0.05) is 24.8 Å². The van der Waals surface area contributed by atoms with Gasteiger partial charge in [-0.1, -0.05) is 48.3 Å². The maximum Gasteiger partial charge on any atom is 0.227 e. The minimum atomic E-state index is 0.0445. The summed E-state index contributed by atoms with van der Waals surface area (Å²) in [5.74, 6) is 1.17. The van der Waals surface area contributed by atoms with E-state index in [1.165, 1.54) is 18.4 Å². The molecule has 1 N–H and O–H groups in total. The van der Waals surface area contributed by atoms with Crippen LogP contribution in [0.25, 0.3) is 0 Å². The van der Waals surface area contributed by atoms with Gasteiger partial charge in [-0.05, 0) is 25.3 Å². The van der Waals surface area contributed by atoms with E-state index in [4.69, 9.17) is 4.52 Å². The molecule has 5 heteroatoms. The molecule has 0 atom stereocenters. The molecule has 0 aliphatic heterocycles. The van der Waals surface area contributed by atoms with E-state index < -0.39 is 0 Å². The predicted molar refractivity (Wildman–Crippen MR) is 87.0 cm³/mol. The molecule has 1 aromatic heterocycles. The van der Waals surface area contributed by atoms with Gasteiger partial charge in [-0.25, -0.2) is 0 Å². The van der Waals surface area contributed by atoms with E-state index in [1.807, 2.05) is 6.07 Å². The van der Waals surface area contributed by atoms with Gasteiger partial charge in [-0.15, -0.1) is 0 Å². The van der Waals surface area contributed by atoms with Crippen LogP contribution in [0.4, 0.5) is 0 Å². The van der Waals surface area contributed by atoms with Crippen LogP contribution in [0.15, 0.2) is 34.9 Å². The van der Waals surface area contributed by atoms with Crippen LogP contribution < -0.4 is 5.32 Å². The molecule has 2 aromatic rings. The highest BCUT2D eigenvalue weighted by molar-refractivity contribution is 5.76. The van der Waals surface area contributed by atoms with Crippen molar-refractivity contribution in [3.05, 3.63) is 47.6 Å². The van der Waals surface area contributed by atoms with Crippen molar-refractivity contribution in [1.29, 1.82) is 0 Å². The lowest BCUT2D eigenvalue weighted by atomic mass is 9.79. The summed E-state index contributed by atoms with van der Waals surface area (Å²) in [5, 5.41) is 6.85. The molecule has 1 heterocycles. The van der Waals surface area contributed by atoms with Crippen LogP contribution in [0.2, 0.25) is 0 Å². The average molecular weight is 313 g/mol. The molecule has 1 aliphatic carbocycles. The van der Waals surface area contributed by atoms with Crippen molar-refractivity contribution in [3.63, 3.8) is 0 Å². The van der Waals surface area contributed by atoms with Crippen molar-refractivity contribution in [3.8, 4) is 0 Å². The summed E-state index contributed by atoms with van der Waals surface area (Å²) in [7, 11) is 0. The van der Waals surface area contributed by atoms with Gasteiger partial charge >= 0.3 is 0 Å². The molecule has 0 saturated heterocycles. The Kier molecular flexibility index (Phi) is 4.74. The number of nitrogens with zero attached hydrogens (tertiary/aromatic N) is 2. The molecule has 3 rings (SSSR count). The lowest BCUT2D eigenvalue weighted by molar-refractivity contribution is -0.121. The number of hydrogen-bond acceptors (Lipinski definition) is 4. The quantitative estimate of drug-likeness (QED) is 0.890. The highest BCUT2D eigenvalue weighted by Crippen LogP contribution is 2.40. The minimum Gasteiger partial charge on any atom is -0.355 e. The second-order valence-corrected chi connectivity index (χ2v) is 6.37. The third-order valence-electron chi connectivity index (χ3n) is 4.71. The van der Waals surface area contributed by atoms with Gasteiger partial charge in [0.15, 0.2) is 5.82 Å². The van der Waals surface area contributed by atoms with Crippen LogP contribution >= 0.6 is 0 Å². The molecule has 23 heavy (non-hydrogen) atoms. The number of carbonyl (C=O) groups excluding carboxylic acids is 1. The first-order chi connectivity index (χ1) is 11.2. The number of aromatic nitrogens is 2. The number of nitrogens with one attached hydrogen (secondary N) is 1. The van der Waals surface area contributed by atoms with Crippen LogP contribution in [0.5, 0.6) is 0 Å². The van der Waals surface area contributed by atoms with Crippen molar-refractivity contribution in [1.82, 2.24) is 15.5 Å². The second-order valence-electron chi connectivity index (χ2n) is 6.37. The summed E-state index contributed by atoms with van der Waals surface area (Å²) in [6.07, 6.45) is 5.61. The summed E-state index contributed by atoms with van der Waals surface area (Å²) >= 11 is 0. The molecule has 1 aliphatic rings. The van der Waals surface area contributed by atoms with Crippen LogP contribution in [-0.4, -0.2) is 22.6 Å². The summed E-state index contributed by atoms with van der Waals surface area (Å²) < 4.78 is 5.04. The number of benzene rings is 1. The van der Waals surface area contributed by atoms with Gasteiger partial charge in [-0.3, -0.25) is 4.79 Å².